The maximum absolute atomic E-state index is 12.5. The lowest BCUT2D eigenvalue weighted by Gasteiger charge is -2.34. The second kappa shape index (κ2) is 7.08. The number of aromatic nitrogens is 4. The average molecular weight is 316 g/mol. The van der Waals surface area contributed by atoms with E-state index in [-0.39, 0.29) is 18.6 Å². The van der Waals surface area contributed by atoms with E-state index in [2.05, 4.69) is 25.5 Å². The van der Waals surface area contributed by atoms with E-state index < -0.39 is 0 Å². The van der Waals surface area contributed by atoms with Crippen molar-refractivity contribution >= 4 is 6.03 Å². The molecule has 2 aromatic rings. The van der Waals surface area contributed by atoms with Crippen molar-refractivity contribution in [2.24, 2.45) is 0 Å². The lowest BCUT2D eigenvalue weighted by atomic mass is 10.00. The SMILES string of the molecule is COc1ccnc(CNC(=O)N2CCCCC2c2ccn[nH]2)n1. The van der Waals surface area contributed by atoms with Gasteiger partial charge in [-0.25, -0.2) is 9.78 Å². The van der Waals surface area contributed by atoms with Gasteiger partial charge in [0.1, 0.15) is 0 Å². The van der Waals surface area contributed by atoms with Crippen LogP contribution in [0.4, 0.5) is 4.79 Å². The molecule has 3 heterocycles. The molecule has 0 aromatic carbocycles. The van der Waals surface area contributed by atoms with Crippen LogP contribution in [0, 0.1) is 0 Å². The summed E-state index contributed by atoms with van der Waals surface area (Å²) in [5.74, 6) is 1.00. The van der Waals surface area contributed by atoms with Crippen molar-refractivity contribution in [1.82, 2.24) is 30.4 Å². The molecule has 1 unspecified atom stereocenters. The number of carbonyl (C=O) groups is 1. The van der Waals surface area contributed by atoms with Crippen LogP contribution in [0.1, 0.15) is 36.8 Å². The third-order valence-electron chi connectivity index (χ3n) is 3.93. The number of nitrogens with zero attached hydrogens (tertiary/aromatic N) is 4. The highest BCUT2D eigenvalue weighted by atomic mass is 16.5. The minimum Gasteiger partial charge on any atom is -0.481 e. The second-order valence-corrected chi connectivity index (χ2v) is 5.39. The van der Waals surface area contributed by atoms with Crippen molar-refractivity contribution < 1.29 is 9.53 Å². The van der Waals surface area contributed by atoms with Crippen LogP contribution in [-0.2, 0) is 6.54 Å². The van der Waals surface area contributed by atoms with Crippen molar-refractivity contribution in [2.75, 3.05) is 13.7 Å². The van der Waals surface area contributed by atoms with Gasteiger partial charge in [-0.05, 0) is 25.3 Å². The van der Waals surface area contributed by atoms with Crippen LogP contribution in [0.5, 0.6) is 5.88 Å². The summed E-state index contributed by atoms with van der Waals surface area (Å²) in [5, 5.41) is 9.84. The van der Waals surface area contributed by atoms with Gasteiger partial charge in [-0.2, -0.15) is 10.1 Å². The second-order valence-electron chi connectivity index (χ2n) is 5.39. The fourth-order valence-electron chi connectivity index (χ4n) is 2.79. The molecule has 2 aromatic heterocycles. The van der Waals surface area contributed by atoms with Gasteiger partial charge in [-0.15, -0.1) is 0 Å². The number of nitrogens with one attached hydrogen (secondary N) is 2. The molecule has 0 bridgehead atoms. The van der Waals surface area contributed by atoms with E-state index in [1.165, 1.54) is 0 Å². The number of hydrogen-bond donors (Lipinski definition) is 2. The Balaban J connectivity index is 1.64. The molecule has 8 nitrogen and oxygen atoms in total. The lowest BCUT2D eigenvalue weighted by molar-refractivity contribution is 0.149. The van der Waals surface area contributed by atoms with Crippen LogP contribution in [-0.4, -0.2) is 44.8 Å². The van der Waals surface area contributed by atoms with Crippen molar-refractivity contribution in [2.45, 2.75) is 31.8 Å². The van der Waals surface area contributed by atoms with Gasteiger partial charge in [0.2, 0.25) is 5.88 Å². The van der Waals surface area contributed by atoms with Gasteiger partial charge in [0.25, 0.3) is 0 Å². The van der Waals surface area contributed by atoms with Gasteiger partial charge in [-0.3, -0.25) is 5.10 Å². The van der Waals surface area contributed by atoms with Crippen LogP contribution >= 0.6 is 0 Å². The van der Waals surface area contributed by atoms with Crippen LogP contribution in [0.3, 0.4) is 0 Å². The highest BCUT2D eigenvalue weighted by Gasteiger charge is 2.28. The Morgan fingerprint density at radius 3 is 3.13 bits per heavy atom. The molecule has 1 aliphatic heterocycles. The summed E-state index contributed by atoms with van der Waals surface area (Å²) in [6.07, 6.45) is 6.37. The number of likely N-dealkylation sites (tertiary alicyclic amines) is 1. The third-order valence-corrected chi connectivity index (χ3v) is 3.93. The Morgan fingerprint density at radius 2 is 2.35 bits per heavy atom. The fourth-order valence-corrected chi connectivity index (χ4v) is 2.79. The zero-order valence-corrected chi connectivity index (χ0v) is 13.0. The Morgan fingerprint density at radius 1 is 1.43 bits per heavy atom. The van der Waals surface area contributed by atoms with E-state index >= 15 is 0 Å². The zero-order valence-electron chi connectivity index (χ0n) is 13.0. The molecule has 122 valence electrons. The van der Waals surface area contributed by atoms with Crippen LogP contribution < -0.4 is 10.1 Å². The van der Waals surface area contributed by atoms with Gasteiger partial charge >= 0.3 is 6.03 Å². The predicted octanol–water partition coefficient (Wildman–Crippen LogP) is 1.65. The molecule has 1 fully saturated rings. The first kappa shape index (κ1) is 15.3. The molecule has 23 heavy (non-hydrogen) atoms. The maximum atomic E-state index is 12.5. The first-order chi connectivity index (χ1) is 11.3. The largest absolute Gasteiger partial charge is 0.481 e. The van der Waals surface area contributed by atoms with E-state index in [0.29, 0.717) is 11.7 Å². The summed E-state index contributed by atoms with van der Waals surface area (Å²) >= 11 is 0. The summed E-state index contributed by atoms with van der Waals surface area (Å²) in [7, 11) is 1.55. The molecule has 0 saturated carbocycles. The standard InChI is InChI=1S/C15H20N6O2/c1-23-14-6-7-16-13(19-14)10-17-15(22)21-9-3-2-4-12(21)11-5-8-18-20-11/h5-8,12H,2-4,9-10H2,1H3,(H,17,22)(H,18,20). The molecule has 8 heteroatoms. The summed E-state index contributed by atoms with van der Waals surface area (Å²) in [4.78, 5) is 22.7. The summed E-state index contributed by atoms with van der Waals surface area (Å²) in [6, 6.07) is 3.51. The number of ether oxygens (including phenoxy) is 1. The maximum Gasteiger partial charge on any atom is 0.318 e. The first-order valence-electron chi connectivity index (χ1n) is 7.67. The summed E-state index contributed by atoms with van der Waals surface area (Å²) < 4.78 is 5.06. The molecule has 0 spiro atoms. The minimum atomic E-state index is -0.115. The number of amides is 2. The van der Waals surface area contributed by atoms with E-state index in [0.717, 1.165) is 31.5 Å². The quantitative estimate of drug-likeness (QED) is 0.894. The molecule has 3 rings (SSSR count). The monoisotopic (exact) mass is 316 g/mol. The Labute approximate surface area is 134 Å². The highest BCUT2D eigenvalue weighted by molar-refractivity contribution is 5.74. The molecule has 0 radical (unpaired) electrons. The number of H-pyrrole nitrogens is 1. The third kappa shape index (κ3) is 3.58. The molecule has 2 N–H and O–H groups in total. The molecular weight excluding hydrogens is 296 g/mol. The van der Waals surface area contributed by atoms with Crippen molar-refractivity contribution in [3.63, 3.8) is 0 Å². The van der Waals surface area contributed by atoms with Crippen LogP contribution in [0.2, 0.25) is 0 Å². The normalized spacial score (nSPS) is 17.8. The first-order valence-corrected chi connectivity index (χ1v) is 7.67. The minimum absolute atomic E-state index is 0.0393. The number of piperidine rings is 1. The number of methoxy groups -OCH3 is 1. The summed E-state index contributed by atoms with van der Waals surface area (Å²) in [5.41, 5.74) is 0.970. The zero-order chi connectivity index (χ0) is 16.1. The van der Waals surface area contributed by atoms with Gasteiger partial charge in [0.05, 0.1) is 25.4 Å². The number of aromatic amines is 1. The Bertz CT molecular complexity index is 645. The molecule has 2 amide bonds. The van der Waals surface area contributed by atoms with Crippen molar-refractivity contribution in [3.8, 4) is 5.88 Å². The number of urea groups is 1. The molecule has 1 aliphatic rings. The van der Waals surface area contributed by atoms with Gasteiger partial charge in [0, 0.05) is 25.0 Å². The van der Waals surface area contributed by atoms with Crippen LogP contribution in [0.25, 0.3) is 0 Å². The lowest BCUT2D eigenvalue weighted by Crippen LogP contribution is -2.44. The van der Waals surface area contributed by atoms with Crippen LogP contribution in [0.15, 0.2) is 24.5 Å². The molecule has 1 atom stereocenters. The Kier molecular flexibility index (Phi) is 4.70. The fraction of sp³-hybridized carbons (Fsp3) is 0.467. The predicted molar refractivity (Wildman–Crippen MR) is 82.7 cm³/mol. The van der Waals surface area contributed by atoms with Gasteiger partial charge in [0.15, 0.2) is 5.82 Å². The van der Waals surface area contributed by atoms with E-state index in [1.54, 1.807) is 25.6 Å². The van der Waals surface area contributed by atoms with Crippen molar-refractivity contribution in [1.29, 1.82) is 0 Å². The number of carbonyl (C=O) groups excluding carboxylic acids is 1. The Hall–Kier alpha value is -2.64. The number of hydrogen-bond acceptors (Lipinski definition) is 5. The topological polar surface area (TPSA) is 96.0 Å². The van der Waals surface area contributed by atoms with Gasteiger partial charge in [-0.1, -0.05) is 0 Å². The van der Waals surface area contributed by atoms with E-state index in [4.69, 9.17) is 4.74 Å². The molecular formula is C15H20N6O2. The molecule has 1 saturated heterocycles. The van der Waals surface area contributed by atoms with Gasteiger partial charge < -0.3 is 15.0 Å². The summed E-state index contributed by atoms with van der Waals surface area (Å²) in [6.45, 7) is 0.997. The number of rotatable bonds is 4. The van der Waals surface area contributed by atoms with E-state index in [1.807, 2.05) is 11.0 Å². The van der Waals surface area contributed by atoms with E-state index in [9.17, 15) is 4.79 Å². The van der Waals surface area contributed by atoms with Crippen molar-refractivity contribution in [3.05, 3.63) is 36.0 Å². The smallest absolute Gasteiger partial charge is 0.318 e. The average Bonchev–Trinajstić information content (AvgIpc) is 3.14. The highest BCUT2D eigenvalue weighted by Crippen LogP contribution is 2.29. The molecule has 0 aliphatic carbocycles.